The normalized spacial score (nSPS) is 14.9. The summed E-state index contributed by atoms with van der Waals surface area (Å²) in [6.07, 6.45) is 8.30. The molecule has 0 aliphatic heterocycles. The van der Waals surface area contributed by atoms with Gasteiger partial charge in [0.2, 0.25) is 0 Å². The Labute approximate surface area is 340 Å². The summed E-state index contributed by atoms with van der Waals surface area (Å²) in [5.74, 6) is 0.687. The molecule has 3 nitrogen and oxygen atoms in total. The highest BCUT2D eigenvalue weighted by Crippen LogP contribution is 2.60. The minimum absolute atomic E-state index is 0.575. The van der Waals surface area contributed by atoms with Crippen LogP contribution >= 0.6 is 11.3 Å². The molecule has 0 bridgehead atoms. The number of thiophene rings is 1. The first-order valence-corrected chi connectivity index (χ1v) is 20.5. The molecule has 3 aromatic heterocycles. The highest BCUT2D eigenvalue weighted by Gasteiger charge is 2.49. The fourth-order valence-corrected chi connectivity index (χ4v) is 10.5. The van der Waals surface area contributed by atoms with Gasteiger partial charge in [0.1, 0.15) is 0 Å². The number of fused-ring (bicyclic) bond motifs is 12. The van der Waals surface area contributed by atoms with E-state index < -0.39 is 5.41 Å². The van der Waals surface area contributed by atoms with E-state index in [9.17, 15) is 0 Å². The molecule has 0 N–H and O–H groups in total. The predicted molar refractivity (Wildman–Crippen MR) is 241 cm³/mol. The van der Waals surface area contributed by atoms with Gasteiger partial charge in [-0.2, -0.15) is 0 Å². The average molecular weight is 756 g/mol. The molecule has 270 valence electrons. The maximum Gasteiger partial charge on any atom is 0.160 e. The van der Waals surface area contributed by atoms with Crippen LogP contribution in [0.1, 0.15) is 33.4 Å². The van der Waals surface area contributed by atoms with Crippen molar-refractivity contribution in [3.8, 4) is 56.2 Å². The summed E-state index contributed by atoms with van der Waals surface area (Å²) in [6, 6.07) is 63.9. The molecule has 0 amide bonds. The Morgan fingerprint density at radius 3 is 1.93 bits per heavy atom. The molecule has 1 unspecified atom stereocenters. The van der Waals surface area contributed by atoms with Gasteiger partial charge >= 0.3 is 0 Å². The lowest BCUT2D eigenvalue weighted by atomic mass is 9.65. The van der Waals surface area contributed by atoms with Crippen molar-refractivity contribution in [1.29, 1.82) is 0 Å². The summed E-state index contributed by atoms with van der Waals surface area (Å²) in [5.41, 5.74) is 16.6. The highest BCUT2D eigenvalue weighted by molar-refractivity contribution is 7.25. The average Bonchev–Trinajstić information content (AvgIpc) is 3.75. The van der Waals surface area contributed by atoms with Crippen LogP contribution in [0.3, 0.4) is 0 Å². The van der Waals surface area contributed by atoms with Crippen molar-refractivity contribution in [2.75, 3.05) is 0 Å². The first-order chi connectivity index (χ1) is 28.7. The zero-order valence-electron chi connectivity index (χ0n) is 31.3. The third kappa shape index (κ3) is 4.95. The minimum Gasteiger partial charge on any atom is -0.264 e. The van der Waals surface area contributed by atoms with Gasteiger partial charge in [-0.05, 0) is 92.0 Å². The van der Waals surface area contributed by atoms with Crippen molar-refractivity contribution >= 4 is 43.7 Å². The molecule has 3 heterocycles. The minimum atomic E-state index is -0.575. The van der Waals surface area contributed by atoms with Crippen molar-refractivity contribution in [1.82, 2.24) is 15.0 Å². The van der Waals surface area contributed by atoms with Gasteiger partial charge < -0.3 is 0 Å². The zero-order valence-corrected chi connectivity index (χ0v) is 32.1. The molecule has 0 saturated carbocycles. The van der Waals surface area contributed by atoms with Crippen LogP contribution in [0.25, 0.3) is 88.5 Å². The largest absolute Gasteiger partial charge is 0.264 e. The smallest absolute Gasteiger partial charge is 0.160 e. The standard InChI is InChI=1S/C54H33N3S/c1-2-12-37(13-3-1)49-32-50(57-53(56-49)38-25-20-34(21-26-38)40-14-10-28-55-33-40)39-27-24-36-23-22-35-11-4-7-17-45(35)54(47(36)29-39)46-18-8-5-15-41(46)43-31-52-44(30-48(43)54)42-16-6-9-19-51(42)58-52/h1-33H. The van der Waals surface area contributed by atoms with Gasteiger partial charge in [-0.15, -0.1) is 11.3 Å². The maximum absolute atomic E-state index is 5.35. The van der Waals surface area contributed by atoms with Crippen LogP contribution in [-0.2, 0) is 5.41 Å². The van der Waals surface area contributed by atoms with Gasteiger partial charge in [-0.25, -0.2) is 9.97 Å². The van der Waals surface area contributed by atoms with Gasteiger partial charge in [0.15, 0.2) is 5.82 Å². The number of nitrogens with zero attached hydrogens (tertiary/aromatic N) is 3. The van der Waals surface area contributed by atoms with Crippen LogP contribution in [0.5, 0.6) is 0 Å². The van der Waals surface area contributed by atoms with Crippen molar-refractivity contribution in [3.63, 3.8) is 0 Å². The van der Waals surface area contributed by atoms with Gasteiger partial charge in [-0.1, -0.05) is 152 Å². The Morgan fingerprint density at radius 2 is 1.09 bits per heavy atom. The molecule has 58 heavy (non-hydrogen) atoms. The van der Waals surface area contributed by atoms with Gasteiger partial charge in [0, 0.05) is 49.3 Å². The molecular weight excluding hydrogens is 723 g/mol. The first-order valence-electron chi connectivity index (χ1n) is 19.7. The Bertz CT molecular complexity index is 3270. The molecule has 7 aromatic carbocycles. The lowest BCUT2D eigenvalue weighted by Crippen LogP contribution is -2.30. The molecule has 0 fully saturated rings. The second-order valence-corrected chi connectivity index (χ2v) is 16.2. The van der Waals surface area contributed by atoms with Crippen molar-refractivity contribution in [3.05, 3.63) is 222 Å². The summed E-state index contributed by atoms with van der Waals surface area (Å²) in [6.45, 7) is 0. The number of hydrogen-bond acceptors (Lipinski definition) is 4. The summed E-state index contributed by atoms with van der Waals surface area (Å²) in [5, 5.41) is 2.61. The Hall–Kier alpha value is -7.27. The molecule has 12 rings (SSSR count). The third-order valence-electron chi connectivity index (χ3n) is 12.0. The van der Waals surface area contributed by atoms with E-state index >= 15 is 0 Å². The monoisotopic (exact) mass is 755 g/mol. The number of rotatable bonds is 4. The number of aromatic nitrogens is 3. The number of pyridine rings is 1. The predicted octanol–water partition coefficient (Wildman–Crippen LogP) is 13.8. The fourth-order valence-electron chi connectivity index (χ4n) is 9.40. The topological polar surface area (TPSA) is 38.7 Å². The second-order valence-electron chi connectivity index (χ2n) is 15.2. The van der Waals surface area contributed by atoms with E-state index in [1.165, 1.54) is 64.7 Å². The molecule has 4 heteroatoms. The van der Waals surface area contributed by atoms with Crippen LogP contribution < -0.4 is 0 Å². The van der Waals surface area contributed by atoms with Crippen LogP contribution in [0.4, 0.5) is 0 Å². The Kier molecular flexibility index (Phi) is 7.31. The molecule has 1 atom stereocenters. The van der Waals surface area contributed by atoms with Crippen molar-refractivity contribution < 1.29 is 0 Å². The quantitative estimate of drug-likeness (QED) is 0.180. The van der Waals surface area contributed by atoms with E-state index in [0.29, 0.717) is 5.82 Å². The fraction of sp³-hybridized carbons (Fsp3) is 0.0185. The molecule has 2 aliphatic rings. The Morgan fingerprint density at radius 1 is 0.397 bits per heavy atom. The third-order valence-corrected chi connectivity index (χ3v) is 13.2. The van der Waals surface area contributed by atoms with Crippen LogP contribution in [0.15, 0.2) is 188 Å². The zero-order chi connectivity index (χ0) is 38.2. The lowest BCUT2D eigenvalue weighted by molar-refractivity contribution is 0.767. The molecule has 1 spiro atoms. The molecular formula is C54H33N3S. The van der Waals surface area contributed by atoms with Crippen molar-refractivity contribution in [2.24, 2.45) is 0 Å². The second kappa shape index (κ2) is 12.9. The van der Waals surface area contributed by atoms with E-state index in [0.717, 1.165) is 39.2 Å². The van der Waals surface area contributed by atoms with Gasteiger partial charge in [0.05, 0.1) is 16.8 Å². The van der Waals surface area contributed by atoms with Crippen LogP contribution in [0.2, 0.25) is 0 Å². The molecule has 0 saturated heterocycles. The lowest BCUT2D eigenvalue weighted by Gasteiger charge is -2.35. The first kappa shape index (κ1) is 32.9. The van der Waals surface area contributed by atoms with E-state index in [1.807, 2.05) is 29.7 Å². The van der Waals surface area contributed by atoms with E-state index in [2.05, 4.69) is 181 Å². The summed E-state index contributed by atoms with van der Waals surface area (Å²) in [4.78, 5) is 14.9. The molecule has 10 aromatic rings. The summed E-state index contributed by atoms with van der Waals surface area (Å²) >= 11 is 1.88. The summed E-state index contributed by atoms with van der Waals surface area (Å²) < 4.78 is 2.63. The van der Waals surface area contributed by atoms with Crippen LogP contribution in [0, 0.1) is 0 Å². The maximum atomic E-state index is 5.35. The number of hydrogen-bond donors (Lipinski definition) is 0. The molecule has 2 aliphatic carbocycles. The number of benzene rings is 7. The SMILES string of the molecule is C1=Cc2ccc(-c3cc(-c4ccccc4)nc(-c4ccc(-c5cccnc5)cc4)n3)cc2C2(c3ccccc31)c1ccccc1-c1cc3sc4ccccc4c3cc12. The van der Waals surface area contributed by atoms with E-state index in [4.69, 9.17) is 9.97 Å². The highest BCUT2D eigenvalue weighted by atomic mass is 32.1. The van der Waals surface area contributed by atoms with E-state index in [-0.39, 0.29) is 0 Å². The molecule has 0 radical (unpaired) electrons. The van der Waals surface area contributed by atoms with Crippen LogP contribution in [-0.4, -0.2) is 15.0 Å². The van der Waals surface area contributed by atoms with Gasteiger partial charge in [-0.3, -0.25) is 4.98 Å². The van der Waals surface area contributed by atoms with Crippen molar-refractivity contribution in [2.45, 2.75) is 5.41 Å². The Balaban J connectivity index is 1.11. The van der Waals surface area contributed by atoms with E-state index in [1.54, 1.807) is 6.20 Å². The van der Waals surface area contributed by atoms with Gasteiger partial charge in [0.25, 0.3) is 0 Å². The summed E-state index contributed by atoms with van der Waals surface area (Å²) in [7, 11) is 0.